The highest BCUT2D eigenvalue weighted by atomic mass is 35.5. The van der Waals surface area contributed by atoms with Crippen LogP contribution in [0.2, 0.25) is 5.02 Å². The molecule has 0 radical (unpaired) electrons. The van der Waals surface area contributed by atoms with E-state index in [0.29, 0.717) is 16.3 Å². The lowest BCUT2D eigenvalue weighted by molar-refractivity contribution is -0.122. The molecule has 0 spiro atoms. The van der Waals surface area contributed by atoms with E-state index in [1.165, 1.54) is 0 Å². The Morgan fingerprint density at radius 1 is 1.33 bits per heavy atom. The average molecular weight is 411 g/mol. The van der Waals surface area contributed by atoms with E-state index in [9.17, 15) is 14.4 Å². The Morgan fingerprint density at radius 3 is 2.63 bits per heavy atom. The van der Waals surface area contributed by atoms with E-state index in [0.717, 1.165) is 11.3 Å². The van der Waals surface area contributed by atoms with Crippen LogP contribution in [0.1, 0.15) is 39.4 Å². The number of amides is 2. The first kappa shape index (κ1) is 20.7. The van der Waals surface area contributed by atoms with Gasteiger partial charge >= 0.3 is 5.97 Å². The number of rotatable bonds is 7. The van der Waals surface area contributed by atoms with Gasteiger partial charge in [-0.2, -0.15) is 0 Å². The third kappa shape index (κ3) is 4.99. The lowest BCUT2D eigenvalue weighted by Gasteiger charge is -2.15. The Bertz CT molecular complexity index is 881. The second-order valence-electron chi connectivity index (χ2n) is 5.55. The summed E-state index contributed by atoms with van der Waals surface area (Å²) in [6, 6.07) is 6.63. The molecular formula is C18H19ClN2O5S. The average Bonchev–Trinajstić information content (AvgIpc) is 2.91. The zero-order valence-electron chi connectivity index (χ0n) is 15.0. The molecule has 1 aromatic heterocycles. The largest absolute Gasteiger partial charge is 0.481 e. The van der Waals surface area contributed by atoms with Gasteiger partial charge in [-0.1, -0.05) is 17.7 Å². The molecule has 0 aliphatic heterocycles. The second-order valence-corrected chi connectivity index (χ2v) is 7.01. The van der Waals surface area contributed by atoms with E-state index in [2.05, 4.69) is 5.32 Å². The fourth-order valence-electron chi connectivity index (χ4n) is 2.30. The van der Waals surface area contributed by atoms with E-state index < -0.39 is 23.9 Å². The van der Waals surface area contributed by atoms with Crippen molar-refractivity contribution in [3.8, 4) is 5.75 Å². The number of thiophene rings is 1. The number of nitrogens with two attached hydrogens (primary N) is 1. The van der Waals surface area contributed by atoms with E-state index >= 15 is 0 Å². The quantitative estimate of drug-likeness (QED) is 0.680. The summed E-state index contributed by atoms with van der Waals surface area (Å²) in [4.78, 5) is 36.5. The van der Waals surface area contributed by atoms with Gasteiger partial charge in [-0.05, 0) is 44.5 Å². The Balaban J connectivity index is 2.24. The smallest absolute Gasteiger partial charge is 0.341 e. The van der Waals surface area contributed by atoms with Crippen molar-refractivity contribution in [2.24, 2.45) is 5.73 Å². The maximum absolute atomic E-state index is 12.5. The van der Waals surface area contributed by atoms with Crippen LogP contribution >= 0.6 is 22.9 Å². The molecule has 0 fully saturated rings. The molecule has 1 aromatic carbocycles. The summed E-state index contributed by atoms with van der Waals surface area (Å²) in [6.07, 6.45) is -0.877. The first-order chi connectivity index (χ1) is 12.7. The van der Waals surface area contributed by atoms with Crippen LogP contribution in [0.4, 0.5) is 5.00 Å². The SMILES string of the molecule is CCOC(=O)c1c(NC(=O)[C@@H](C)Oc2cccc(Cl)c2)sc(C(N)=O)c1C. The summed E-state index contributed by atoms with van der Waals surface area (Å²) in [7, 11) is 0. The molecule has 27 heavy (non-hydrogen) atoms. The predicted molar refractivity (Wildman–Crippen MR) is 104 cm³/mol. The van der Waals surface area contributed by atoms with Crippen molar-refractivity contribution in [2.75, 3.05) is 11.9 Å². The van der Waals surface area contributed by atoms with Crippen LogP contribution in [0, 0.1) is 6.92 Å². The number of carbonyl (C=O) groups is 3. The van der Waals surface area contributed by atoms with Crippen molar-refractivity contribution < 1.29 is 23.9 Å². The van der Waals surface area contributed by atoms with Crippen LogP contribution in [-0.2, 0) is 9.53 Å². The number of carbonyl (C=O) groups excluding carboxylic acids is 3. The number of anilines is 1. The normalized spacial score (nSPS) is 11.6. The van der Waals surface area contributed by atoms with Crippen molar-refractivity contribution in [3.05, 3.63) is 45.3 Å². The topological polar surface area (TPSA) is 108 Å². The third-order valence-electron chi connectivity index (χ3n) is 3.57. The van der Waals surface area contributed by atoms with Gasteiger partial charge in [0.15, 0.2) is 6.10 Å². The maximum Gasteiger partial charge on any atom is 0.341 e. The number of halogens is 1. The molecule has 1 heterocycles. The predicted octanol–water partition coefficient (Wildman–Crippen LogP) is 3.39. The van der Waals surface area contributed by atoms with Gasteiger partial charge in [-0.25, -0.2) is 4.79 Å². The lowest BCUT2D eigenvalue weighted by Crippen LogP contribution is -2.30. The van der Waals surface area contributed by atoms with Crippen molar-refractivity contribution in [2.45, 2.75) is 26.9 Å². The highest BCUT2D eigenvalue weighted by Crippen LogP contribution is 2.33. The molecular weight excluding hydrogens is 392 g/mol. The molecule has 0 aliphatic rings. The molecule has 0 saturated carbocycles. The number of hydrogen-bond acceptors (Lipinski definition) is 6. The zero-order chi connectivity index (χ0) is 20.1. The Labute approximate surface area is 165 Å². The monoisotopic (exact) mass is 410 g/mol. The first-order valence-corrected chi connectivity index (χ1v) is 9.27. The van der Waals surface area contributed by atoms with Crippen LogP contribution in [0.15, 0.2) is 24.3 Å². The molecule has 2 rings (SSSR count). The summed E-state index contributed by atoms with van der Waals surface area (Å²) in [5, 5.41) is 3.28. The number of primary amides is 1. The van der Waals surface area contributed by atoms with Crippen LogP contribution in [-0.4, -0.2) is 30.5 Å². The molecule has 9 heteroatoms. The van der Waals surface area contributed by atoms with E-state index in [1.807, 2.05) is 0 Å². The molecule has 1 atom stereocenters. The number of esters is 1. The molecule has 0 bridgehead atoms. The second kappa shape index (κ2) is 8.88. The summed E-state index contributed by atoms with van der Waals surface area (Å²) in [5.41, 5.74) is 5.82. The van der Waals surface area contributed by atoms with Crippen LogP contribution < -0.4 is 15.8 Å². The van der Waals surface area contributed by atoms with E-state index in [4.69, 9.17) is 26.8 Å². The molecule has 0 unspecified atom stereocenters. The zero-order valence-corrected chi connectivity index (χ0v) is 16.6. The van der Waals surface area contributed by atoms with Gasteiger partial charge in [-0.15, -0.1) is 11.3 Å². The Hall–Kier alpha value is -2.58. The van der Waals surface area contributed by atoms with Crippen molar-refractivity contribution in [1.29, 1.82) is 0 Å². The lowest BCUT2D eigenvalue weighted by atomic mass is 10.1. The summed E-state index contributed by atoms with van der Waals surface area (Å²) < 4.78 is 10.6. The molecule has 0 saturated heterocycles. The fourth-order valence-corrected chi connectivity index (χ4v) is 3.53. The number of ether oxygens (including phenoxy) is 2. The molecule has 0 aliphatic carbocycles. The summed E-state index contributed by atoms with van der Waals surface area (Å²) in [6.45, 7) is 4.94. The van der Waals surface area contributed by atoms with Crippen molar-refractivity contribution in [1.82, 2.24) is 0 Å². The highest BCUT2D eigenvalue weighted by Gasteiger charge is 2.27. The van der Waals surface area contributed by atoms with Gasteiger partial charge in [0.05, 0.1) is 17.0 Å². The van der Waals surface area contributed by atoms with Crippen molar-refractivity contribution >= 4 is 45.7 Å². The summed E-state index contributed by atoms with van der Waals surface area (Å²) in [5.74, 6) is -1.40. The molecule has 3 N–H and O–H groups in total. The van der Waals surface area contributed by atoms with Gasteiger partial charge in [0.25, 0.3) is 11.8 Å². The van der Waals surface area contributed by atoms with Gasteiger partial charge in [0, 0.05) is 5.02 Å². The standard InChI is InChI=1S/C18H19ClN2O5S/c1-4-25-18(24)13-9(2)14(15(20)22)27-17(13)21-16(23)10(3)26-12-7-5-6-11(19)8-12/h5-8,10H,4H2,1-3H3,(H2,20,22)(H,21,23)/t10-/m1/s1. The van der Waals surface area contributed by atoms with Crippen LogP contribution in [0.3, 0.4) is 0 Å². The summed E-state index contributed by atoms with van der Waals surface area (Å²) >= 11 is 6.82. The van der Waals surface area contributed by atoms with Crippen LogP contribution in [0.5, 0.6) is 5.75 Å². The Morgan fingerprint density at radius 2 is 2.04 bits per heavy atom. The van der Waals surface area contributed by atoms with E-state index in [-0.39, 0.29) is 22.0 Å². The number of nitrogens with one attached hydrogen (secondary N) is 1. The van der Waals surface area contributed by atoms with Gasteiger partial charge in [0.2, 0.25) is 0 Å². The minimum absolute atomic E-state index is 0.110. The third-order valence-corrected chi connectivity index (χ3v) is 5.02. The highest BCUT2D eigenvalue weighted by molar-refractivity contribution is 7.18. The molecule has 7 nitrogen and oxygen atoms in total. The van der Waals surface area contributed by atoms with Crippen LogP contribution in [0.25, 0.3) is 0 Å². The van der Waals surface area contributed by atoms with Crippen molar-refractivity contribution in [3.63, 3.8) is 0 Å². The minimum atomic E-state index is -0.877. The Kier molecular flexibility index (Phi) is 6.81. The number of benzene rings is 1. The first-order valence-electron chi connectivity index (χ1n) is 8.08. The number of hydrogen-bond donors (Lipinski definition) is 2. The molecule has 2 amide bonds. The fraction of sp³-hybridized carbons (Fsp3) is 0.278. The molecule has 2 aromatic rings. The van der Waals surface area contributed by atoms with Gasteiger partial charge in [0.1, 0.15) is 10.8 Å². The van der Waals surface area contributed by atoms with E-state index in [1.54, 1.807) is 45.0 Å². The molecule has 144 valence electrons. The minimum Gasteiger partial charge on any atom is -0.481 e. The maximum atomic E-state index is 12.5. The van der Waals surface area contributed by atoms with Gasteiger partial charge < -0.3 is 20.5 Å². The van der Waals surface area contributed by atoms with Gasteiger partial charge in [-0.3, -0.25) is 9.59 Å².